The van der Waals surface area contributed by atoms with E-state index in [1.165, 1.54) is 0 Å². The van der Waals surface area contributed by atoms with E-state index in [4.69, 9.17) is 0 Å². The second-order valence-electron chi connectivity index (χ2n) is 5.98. The van der Waals surface area contributed by atoms with E-state index in [-0.39, 0.29) is 18.5 Å². The van der Waals surface area contributed by atoms with Gasteiger partial charge in [-0.3, -0.25) is 0 Å². The van der Waals surface area contributed by atoms with Crippen molar-refractivity contribution in [3.63, 3.8) is 0 Å². The van der Waals surface area contributed by atoms with Gasteiger partial charge in [0, 0.05) is 24.3 Å². The van der Waals surface area contributed by atoms with Gasteiger partial charge in [0.15, 0.2) is 0 Å². The second kappa shape index (κ2) is 7.23. The summed E-state index contributed by atoms with van der Waals surface area (Å²) in [6, 6.07) is 4.20. The van der Waals surface area contributed by atoms with Crippen LogP contribution in [0.25, 0.3) is 0 Å². The lowest BCUT2D eigenvalue weighted by atomic mass is 10.0. The molecule has 118 valence electrons. The number of nitrogens with one attached hydrogen (secondary N) is 1. The summed E-state index contributed by atoms with van der Waals surface area (Å²) < 4.78 is 14.0. The van der Waals surface area contributed by atoms with Crippen LogP contribution in [0, 0.1) is 12.7 Å². The van der Waals surface area contributed by atoms with Gasteiger partial charge in [-0.2, -0.15) is 0 Å². The number of aryl methyl sites for hydroxylation is 1. The van der Waals surface area contributed by atoms with Crippen molar-refractivity contribution in [1.29, 1.82) is 0 Å². The van der Waals surface area contributed by atoms with Gasteiger partial charge in [-0.1, -0.05) is 6.92 Å². The van der Waals surface area contributed by atoms with E-state index in [1.807, 2.05) is 6.07 Å². The normalized spacial score (nSPS) is 16.0. The molecule has 1 aromatic carbocycles. The number of hydrogen-bond donors (Lipinski definition) is 2. The van der Waals surface area contributed by atoms with Gasteiger partial charge in [0.1, 0.15) is 5.82 Å². The number of anilines is 1. The topological polar surface area (TPSA) is 35.5 Å². The molecule has 1 aliphatic carbocycles. The average molecular weight is 294 g/mol. The highest BCUT2D eigenvalue weighted by molar-refractivity contribution is 5.58. The van der Waals surface area contributed by atoms with Gasteiger partial charge in [-0.15, -0.1) is 0 Å². The lowest BCUT2D eigenvalue weighted by molar-refractivity contribution is 0.301. The predicted octanol–water partition coefficient (Wildman–Crippen LogP) is 3.16. The molecule has 2 rings (SSSR count). The first kappa shape index (κ1) is 16.2. The number of aliphatic hydroxyl groups is 1. The fraction of sp³-hybridized carbons (Fsp3) is 0.647. The first-order chi connectivity index (χ1) is 10.1. The Morgan fingerprint density at radius 1 is 1.43 bits per heavy atom. The van der Waals surface area contributed by atoms with Gasteiger partial charge in [0.05, 0.1) is 6.61 Å². The van der Waals surface area contributed by atoms with Gasteiger partial charge in [-0.05, 0) is 62.9 Å². The molecule has 0 aliphatic heterocycles. The Balaban J connectivity index is 2.34. The molecule has 21 heavy (non-hydrogen) atoms. The zero-order chi connectivity index (χ0) is 15.4. The summed E-state index contributed by atoms with van der Waals surface area (Å²) >= 11 is 0. The van der Waals surface area contributed by atoms with Crippen LogP contribution in [-0.2, 0) is 0 Å². The monoisotopic (exact) mass is 294 g/mol. The van der Waals surface area contributed by atoms with Gasteiger partial charge >= 0.3 is 0 Å². The summed E-state index contributed by atoms with van der Waals surface area (Å²) in [5.74, 6) is -0.154. The number of rotatable bonds is 8. The predicted molar refractivity (Wildman–Crippen MR) is 85.3 cm³/mol. The van der Waals surface area contributed by atoms with Crippen LogP contribution in [0.2, 0.25) is 0 Å². The molecule has 1 aliphatic rings. The molecule has 1 unspecified atom stereocenters. The van der Waals surface area contributed by atoms with Crippen molar-refractivity contribution in [2.24, 2.45) is 0 Å². The van der Waals surface area contributed by atoms with Crippen molar-refractivity contribution in [2.45, 2.75) is 52.1 Å². The molecule has 1 saturated carbocycles. The molecule has 0 radical (unpaired) electrons. The van der Waals surface area contributed by atoms with Crippen LogP contribution >= 0.6 is 0 Å². The number of nitrogens with zero attached hydrogens (tertiary/aromatic N) is 1. The summed E-state index contributed by atoms with van der Waals surface area (Å²) in [7, 11) is 0. The molecule has 4 heteroatoms. The third kappa shape index (κ3) is 3.95. The molecule has 0 amide bonds. The molecule has 0 spiro atoms. The first-order valence-electron chi connectivity index (χ1n) is 7.99. The Morgan fingerprint density at radius 2 is 2.14 bits per heavy atom. The van der Waals surface area contributed by atoms with Gasteiger partial charge in [0.25, 0.3) is 0 Å². The van der Waals surface area contributed by atoms with Crippen molar-refractivity contribution in [3.05, 3.63) is 29.1 Å². The summed E-state index contributed by atoms with van der Waals surface area (Å²) in [5.41, 5.74) is 2.73. The molecule has 3 nitrogen and oxygen atoms in total. The standard InChI is InChI=1S/C17H27FN2O/c1-4-7-19-13(3)15-11-16(18)12(2)10-17(15)20(8-9-21)14-5-6-14/h10-11,13-14,19,21H,4-9H2,1-3H3. The zero-order valence-corrected chi connectivity index (χ0v) is 13.3. The Hall–Kier alpha value is -1.13. The Labute approximate surface area is 127 Å². The maximum Gasteiger partial charge on any atom is 0.126 e. The van der Waals surface area contributed by atoms with Crippen LogP contribution in [-0.4, -0.2) is 30.8 Å². The molecule has 1 atom stereocenters. The second-order valence-corrected chi connectivity index (χ2v) is 5.98. The van der Waals surface area contributed by atoms with E-state index in [1.54, 1.807) is 13.0 Å². The molecule has 2 N–H and O–H groups in total. The Morgan fingerprint density at radius 3 is 2.71 bits per heavy atom. The minimum atomic E-state index is -0.154. The van der Waals surface area contributed by atoms with Crippen molar-refractivity contribution in [2.75, 3.05) is 24.6 Å². The summed E-state index contributed by atoms with van der Waals surface area (Å²) in [5, 5.41) is 12.8. The van der Waals surface area contributed by atoms with E-state index in [0.717, 1.165) is 37.1 Å². The van der Waals surface area contributed by atoms with E-state index in [0.29, 0.717) is 18.2 Å². The van der Waals surface area contributed by atoms with Crippen LogP contribution in [0.3, 0.4) is 0 Å². The molecule has 0 bridgehead atoms. The fourth-order valence-corrected chi connectivity index (χ4v) is 2.74. The van der Waals surface area contributed by atoms with Crippen LogP contribution in [0.5, 0.6) is 0 Å². The molecular formula is C17H27FN2O. The smallest absolute Gasteiger partial charge is 0.126 e. The SMILES string of the molecule is CCCNC(C)c1cc(F)c(C)cc1N(CCO)C1CC1. The minimum Gasteiger partial charge on any atom is -0.395 e. The molecule has 0 heterocycles. The highest BCUT2D eigenvalue weighted by atomic mass is 19.1. The third-order valence-electron chi connectivity index (χ3n) is 4.11. The number of aliphatic hydroxyl groups excluding tert-OH is 1. The lowest BCUT2D eigenvalue weighted by Gasteiger charge is -2.29. The molecule has 1 aromatic rings. The third-order valence-corrected chi connectivity index (χ3v) is 4.11. The first-order valence-corrected chi connectivity index (χ1v) is 7.99. The van der Waals surface area contributed by atoms with E-state index >= 15 is 0 Å². The quantitative estimate of drug-likeness (QED) is 0.773. The van der Waals surface area contributed by atoms with E-state index in [9.17, 15) is 9.50 Å². The maximum absolute atomic E-state index is 14.0. The number of hydrogen-bond acceptors (Lipinski definition) is 3. The van der Waals surface area contributed by atoms with Crippen molar-refractivity contribution < 1.29 is 9.50 Å². The number of halogens is 1. The van der Waals surface area contributed by atoms with Crippen LogP contribution in [0.15, 0.2) is 12.1 Å². The summed E-state index contributed by atoms with van der Waals surface area (Å²) in [6.07, 6.45) is 3.37. The molecule has 0 aromatic heterocycles. The number of benzene rings is 1. The minimum absolute atomic E-state index is 0.106. The van der Waals surface area contributed by atoms with E-state index in [2.05, 4.69) is 24.1 Å². The van der Waals surface area contributed by atoms with Gasteiger partial charge in [-0.25, -0.2) is 4.39 Å². The average Bonchev–Trinajstić information content (AvgIpc) is 3.29. The van der Waals surface area contributed by atoms with Crippen molar-refractivity contribution in [3.8, 4) is 0 Å². The van der Waals surface area contributed by atoms with Crippen LogP contribution < -0.4 is 10.2 Å². The van der Waals surface area contributed by atoms with Gasteiger partial charge < -0.3 is 15.3 Å². The van der Waals surface area contributed by atoms with E-state index < -0.39 is 0 Å². The van der Waals surface area contributed by atoms with Crippen LogP contribution in [0.4, 0.5) is 10.1 Å². The van der Waals surface area contributed by atoms with Crippen molar-refractivity contribution in [1.82, 2.24) is 5.32 Å². The Bertz CT molecular complexity index is 474. The molecule has 1 fully saturated rings. The summed E-state index contributed by atoms with van der Waals surface area (Å²) in [6.45, 7) is 7.66. The highest BCUT2D eigenvalue weighted by Crippen LogP contribution is 2.36. The fourth-order valence-electron chi connectivity index (χ4n) is 2.74. The maximum atomic E-state index is 14.0. The lowest BCUT2D eigenvalue weighted by Crippen LogP contribution is -2.31. The largest absolute Gasteiger partial charge is 0.395 e. The molecular weight excluding hydrogens is 267 g/mol. The Kier molecular flexibility index (Phi) is 5.59. The van der Waals surface area contributed by atoms with Gasteiger partial charge in [0.2, 0.25) is 0 Å². The summed E-state index contributed by atoms with van der Waals surface area (Å²) in [4.78, 5) is 2.24. The molecule has 0 saturated heterocycles. The van der Waals surface area contributed by atoms with Crippen molar-refractivity contribution >= 4 is 5.69 Å². The highest BCUT2D eigenvalue weighted by Gasteiger charge is 2.31. The van der Waals surface area contributed by atoms with Crippen LogP contribution in [0.1, 0.15) is 50.3 Å². The zero-order valence-electron chi connectivity index (χ0n) is 13.3.